The third-order valence-electron chi connectivity index (χ3n) is 5.11. The summed E-state index contributed by atoms with van der Waals surface area (Å²) in [5.41, 5.74) is 3.19. The molecule has 1 aromatic heterocycles. The van der Waals surface area contributed by atoms with Gasteiger partial charge in [0.25, 0.3) is 5.91 Å². The zero-order valence-electron chi connectivity index (χ0n) is 17.9. The number of nitrogens with zero attached hydrogens (tertiary/aromatic N) is 1. The number of fused-ring (bicyclic) bond motifs is 1. The number of pyridine rings is 1. The monoisotopic (exact) mass is 438 g/mol. The van der Waals surface area contributed by atoms with Gasteiger partial charge in [-0.2, -0.15) is 0 Å². The molecule has 0 saturated heterocycles. The number of nitrogens with one attached hydrogen (secondary N) is 1. The SMILES string of the molecule is O=C(CCc1ccc2ccccc2n1)OCC(=O)c1ccc(NC(=O)c2ccccc2)cc1. The number of aromatic nitrogens is 1. The molecule has 33 heavy (non-hydrogen) atoms. The highest BCUT2D eigenvalue weighted by atomic mass is 16.5. The van der Waals surface area contributed by atoms with E-state index in [0.29, 0.717) is 23.2 Å². The average molecular weight is 438 g/mol. The molecule has 0 bridgehead atoms. The summed E-state index contributed by atoms with van der Waals surface area (Å²) in [6.45, 7) is -0.334. The van der Waals surface area contributed by atoms with Crippen LogP contribution in [0.4, 0.5) is 5.69 Å². The lowest BCUT2D eigenvalue weighted by Crippen LogP contribution is -2.15. The fourth-order valence-corrected chi connectivity index (χ4v) is 3.31. The van der Waals surface area contributed by atoms with Crippen molar-refractivity contribution < 1.29 is 19.1 Å². The number of ketones is 1. The molecule has 4 rings (SSSR count). The maximum atomic E-state index is 12.3. The van der Waals surface area contributed by atoms with Crippen LogP contribution in [0.25, 0.3) is 10.9 Å². The number of carbonyl (C=O) groups is 3. The van der Waals surface area contributed by atoms with Crippen molar-refractivity contribution in [1.29, 1.82) is 0 Å². The summed E-state index contributed by atoms with van der Waals surface area (Å²) < 4.78 is 5.13. The predicted molar refractivity (Wildman–Crippen MR) is 126 cm³/mol. The summed E-state index contributed by atoms with van der Waals surface area (Å²) in [5.74, 6) is -0.998. The Morgan fingerprint density at radius 2 is 1.48 bits per heavy atom. The molecular weight excluding hydrogens is 416 g/mol. The van der Waals surface area contributed by atoms with Crippen molar-refractivity contribution in [3.63, 3.8) is 0 Å². The summed E-state index contributed by atoms with van der Waals surface area (Å²) in [7, 11) is 0. The van der Waals surface area contributed by atoms with Crippen molar-refractivity contribution in [2.75, 3.05) is 11.9 Å². The molecule has 164 valence electrons. The number of aryl methyl sites for hydroxylation is 1. The van der Waals surface area contributed by atoms with E-state index in [-0.39, 0.29) is 24.7 Å². The topological polar surface area (TPSA) is 85.4 Å². The quantitative estimate of drug-likeness (QED) is 0.314. The van der Waals surface area contributed by atoms with Crippen molar-refractivity contribution in [2.45, 2.75) is 12.8 Å². The molecule has 0 spiro atoms. The highest BCUT2D eigenvalue weighted by molar-refractivity contribution is 6.04. The number of amides is 1. The predicted octanol–water partition coefficient (Wildman–Crippen LogP) is 4.85. The first kappa shape index (κ1) is 21.9. The average Bonchev–Trinajstić information content (AvgIpc) is 2.86. The van der Waals surface area contributed by atoms with Gasteiger partial charge in [0.15, 0.2) is 12.4 Å². The number of Topliss-reactive ketones (excluding diaryl/α,β-unsaturated/α-hetero) is 1. The van der Waals surface area contributed by atoms with E-state index in [4.69, 9.17) is 4.74 Å². The van der Waals surface area contributed by atoms with Gasteiger partial charge in [0, 0.05) is 34.3 Å². The zero-order valence-corrected chi connectivity index (χ0v) is 17.9. The van der Waals surface area contributed by atoms with Crippen LogP contribution in [-0.2, 0) is 16.0 Å². The van der Waals surface area contributed by atoms with Crippen LogP contribution in [0.5, 0.6) is 0 Å². The smallest absolute Gasteiger partial charge is 0.306 e. The Balaban J connectivity index is 1.24. The minimum absolute atomic E-state index is 0.142. The Kier molecular flexibility index (Phi) is 6.85. The molecule has 3 aromatic carbocycles. The van der Waals surface area contributed by atoms with Gasteiger partial charge in [-0.1, -0.05) is 42.5 Å². The summed E-state index contributed by atoms with van der Waals surface area (Å²) >= 11 is 0. The summed E-state index contributed by atoms with van der Waals surface area (Å²) in [6.07, 6.45) is 0.580. The molecule has 0 saturated carbocycles. The Morgan fingerprint density at radius 1 is 0.758 bits per heavy atom. The number of hydrogen-bond donors (Lipinski definition) is 1. The van der Waals surface area contributed by atoms with Gasteiger partial charge in [-0.3, -0.25) is 19.4 Å². The van der Waals surface area contributed by atoms with E-state index < -0.39 is 5.97 Å². The first-order valence-corrected chi connectivity index (χ1v) is 10.6. The molecule has 0 aliphatic carbocycles. The van der Waals surface area contributed by atoms with Crippen LogP contribution in [-0.4, -0.2) is 29.3 Å². The van der Waals surface area contributed by atoms with E-state index in [0.717, 1.165) is 16.6 Å². The lowest BCUT2D eigenvalue weighted by Gasteiger charge is -2.07. The highest BCUT2D eigenvalue weighted by Crippen LogP contribution is 2.14. The number of hydrogen-bond acceptors (Lipinski definition) is 5. The fourth-order valence-electron chi connectivity index (χ4n) is 3.31. The van der Waals surface area contributed by atoms with E-state index in [9.17, 15) is 14.4 Å². The second-order valence-corrected chi connectivity index (χ2v) is 7.48. The second-order valence-electron chi connectivity index (χ2n) is 7.48. The number of rotatable bonds is 8. The van der Waals surface area contributed by atoms with Gasteiger partial charge >= 0.3 is 5.97 Å². The van der Waals surface area contributed by atoms with Crippen LogP contribution < -0.4 is 5.32 Å². The molecule has 1 amide bonds. The molecule has 0 aliphatic heterocycles. The van der Waals surface area contributed by atoms with E-state index in [1.165, 1.54) is 0 Å². The van der Waals surface area contributed by atoms with Crippen molar-refractivity contribution in [1.82, 2.24) is 4.98 Å². The molecule has 6 nitrogen and oxygen atoms in total. The van der Waals surface area contributed by atoms with Crippen LogP contribution >= 0.6 is 0 Å². The molecule has 0 atom stereocenters. The Bertz CT molecular complexity index is 1280. The van der Waals surface area contributed by atoms with Crippen molar-refractivity contribution in [2.24, 2.45) is 0 Å². The van der Waals surface area contributed by atoms with Crippen LogP contribution in [0, 0.1) is 0 Å². The van der Waals surface area contributed by atoms with Gasteiger partial charge in [0.1, 0.15) is 0 Å². The lowest BCUT2D eigenvalue weighted by atomic mass is 10.1. The Hall–Kier alpha value is -4.32. The molecule has 1 heterocycles. The Morgan fingerprint density at radius 3 is 2.27 bits per heavy atom. The first-order chi connectivity index (χ1) is 16.1. The van der Waals surface area contributed by atoms with E-state index in [1.807, 2.05) is 42.5 Å². The molecule has 0 fully saturated rings. The van der Waals surface area contributed by atoms with Gasteiger partial charge in [0.05, 0.1) is 11.9 Å². The van der Waals surface area contributed by atoms with E-state index >= 15 is 0 Å². The maximum Gasteiger partial charge on any atom is 0.306 e. The number of benzene rings is 3. The van der Waals surface area contributed by atoms with E-state index in [1.54, 1.807) is 48.5 Å². The maximum absolute atomic E-state index is 12.3. The summed E-state index contributed by atoms with van der Waals surface area (Å²) in [5, 5.41) is 3.82. The van der Waals surface area contributed by atoms with Gasteiger partial charge in [-0.25, -0.2) is 0 Å². The van der Waals surface area contributed by atoms with Crippen molar-refractivity contribution in [3.05, 3.63) is 108 Å². The van der Waals surface area contributed by atoms with Crippen molar-refractivity contribution in [3.8, 4) is 0 Å². The van der Waals surface area contributed by atoms with Crippen LogP contribution in [0.2, 0.25) is 0 Å². The molecule has 0 aliphatic rings. The third kappa shape index (κ3) is 5.89. The van der Waals surface area contributed by atoms with Gasteiger partial charge < -0.3 is 10.1 Å². The Labute approximate surface area is 191 Å². The van der Waals surface area contributed by atoms with Gasteiger partial charge in [0.2, 0.25) is 0 Å². The minimum atomic E-state index is -0.454. The zero-order chi connectivity index (χ0) is 23.0. The molecule has 0 radical (unpaired) electrons. The lowest BCUT2D eigenvalue weighted by molar-refractivity contribution is -0.142. The normalized spacial score (nSPS) is 10.5. The molecule has 1 N–H and O–H groups in total. The standard InChI is InChI=1S/C27H22N2O4/c30-25(20-11-14-23(15-12-20)29-27(32)21-7-2-1-3-8-21)18-33-26(31)17-16-22-13-10-19-6-4-5-9-24(19)28-22/h1-15H,16-18H2,(H,29,32). The molecule has 0 unspecified atom stereocenters. The van der Waals surface area contributed by atoms with Gasteiger partial charge in [-0.05, 0) is 48.5 Å². The van der Waals surface area contributed by atoms with Gasteiger partial charge in [-0.15, -0.1) is 0 Å². The van der Waals surface area contributed by atoms with Crippen LogP contribution in [0.3, 0.4) is 0 Å². The number of carbonyl (C=O) groups excluding carboxylic acids is 3. The second kappa shape index (κ2) is 10.3. The van der Waals surface area contributed by atoms with Crippen LogP contribution in [0.15, 0.2) is 91.0 Å². The number of ether oxygens (including phenoxy) is 1. The summed E-state index contributed by atoms with van der Waals surface area (Å²) in [6, 6.07) is 27.0. The number of anilines is 1. The molecule has 6 heteroatoms. The minimum Gasteiger partial charge on any atom is -0.457 e. The molecular formula is C27H22N2O4. The van der Waals surface area contributed by atoms with E-state index in [2.05, 4.69) is 10.3 Å². The highest BCUT2D eigenvalue weighted by Gasteiger charge is 2.12. The van der Waals surface area contributed by atoms with Crippen LogP contribution in [0.1, 0.15) is 32.8 Å². The first-order valence-electron chi connectivity index (χ1n) is 10.6. The third-order valence-corrected chi connectivity index (χ3v) is 5.11. The largest absolute Gasteiger partial charge is 0.457 e. The number of esters is 1. The number of para-hydroxylation sites is 1. The molecule has 4 aromatic rings. The van der Waals surface area contributed by atoms with Crippen molar-refractivity contribution >= 4 is 34.3 Å². The fraction of sp³-hybridized carbons (Fsp3) is 0.111. The summed E-state index contributed by atoms with van der Waals surface area (Å²) in [4.78, 5) is 41.2.